The molecule has 2 aliphatic heterocycles. The van der Waals surface area contributed by atoms with E-state index in [9.17, 15) is 4.79 Å². The number of nitrogens with one attached hydrogen (secondary N) is 1. The lowest BCUT2D eigenvalue weighted by atomic mass is 9.92. The van der Waals surface area contributed by atoms with Crippen molar-refractivity contribution in [1.29, 1.82) is 0 Å². The number of ether oxygens (including phenoxy) is 2. The maximum absolute atomic E-state index is 11.8. The van der Waals surface area contributed by atoms with Crippen molar-refractivity contribution in [2.24, 2.45) is 5.73 Å². The number of carbonyl (C=O) groups excluding carboxylic acids is 1. The van der Waals surface area contributed by atoms with Gasteiger partial charge in [0.2, 0.25) is 0 Å². The highest BCUT2D eigenvalue weighted by Gasteiger charge is 2.26. The Morgan fingerprint density at radius 3 is 2.94 bits per heavy atom. The van der Waals surface area contributed by atoms with Gasteiger partial charge in [0, 0.05) is 43.3 Å². The minimum Gasteiger partial charge on any atom is -0.461 e. The lowest BCUT2D eigenvalue weighted by molar-refractivity contribution is 0.0644. The predicted molar refractivity (Wildman–Crippen MR) is 113 cm³/mol. The number of H-pyrrole nitrogens is 1. The Kier molecular flexibility index (Phi) is 5.37. The highest BCUT2D eigenvalue weighted by molar-refractivity contribution is 5.91. The molecule has 0 bridgehead atoms. The largest absolute Gasteiger partial charge is 0.461 e. The minimum absolute atomic E-state index is 0.0400. The Balaban J connectivity index is 1.30. The van der Waals surface area contributed by atoms with Gasteiger partial charge >= 0.3 is 6.01 Å². The Labute approximate surface area is 179 Å². The van der Waals surface area contributed by atoms with Gasteiger partial charge < -0.3 is 20.1 Å². The lowest BCUT2D eigenvalue weighted by Gasteiger charge is -2.32. The number of hydrogen-bond acceptors (Lipinski definition) is 8. The van der Waals surface area contributed by atoms with Gasteiger partial charge in [-0.2, -0.15) is 15.1 Å². The van der Waals surface area contributed by atoms with E-state index in [-0.39, 0.29) is 17.8 Å². The first-order chi connectivity index (χ1) is 15.2. The molecule has 0 spiro atoms. The molecule has 2 aliphatic rings. The van der Waals surface area contributed by atoms with E-state index in [1.54, 1.807) is 12.3 Å². The highest BCUT2D eigenvalue weighted by atomic mass is 16.5. The average Bonchev–Trinajstić information content (AvgIpc) is 3.47. The summed E-state index contributed by atoms with van der Waals surface area (Å²) in [6.45, 7) is 2.67. The van der Waals surface area contributed by atoms with Gasteiger partial charge in [-0.3, -0.25) is 9.89 Å². The van der Waals surface area contributed by atoms with Crippen molar-refractivity contribution in [3.8, 4) is 6.01 Å². The summed E-state index contributed by atoms with van der Waals surface area (Å²) in [6.07, 6.45) is 5.61. The summed E-state index contributed by atoms with van der Waals surface area (Å²) in [7, 11) is 0. The molecule has 5 heterocycles. The number of nitrogens with zero attached hydrogens (tertiary/aromatic N) is 5. The molecule has 3 aromatic heterocycles. The zero-order valence-corrected chi connectivity index (χ0v) is 17.2. The van der Waals surface area contributed by atoms with Crippen LogP contribution in [-0.4, -0.2) is 63.5 Å². The SMILES string of the molecule is NC(=O)c1cc(N2CCC(c3n[nH]c4ncccc34)CC2)nc(OC[C@H]2CCCO2)n1. The van der Waals surface area contributed by atoms with E-state index in [0.29, 0.717) is 18.3 Å². The van der Waals surface area contributed by atoms with Crippen LogP contribution in [0.4, 0.5) is 5.82 Å². The number of carbonyl (C=O) groups is 1. The molecule has 31 heavy (non-hydrogen) atoms. The molecule has 0 aliphatic carbocycles. The maximum atomic E-state index is 11.8. The Hall–Kier alpha value is -3.27. The molecule has 1 amide bonds. The van der Waals surface area contributed by atoms with Gasteiger partial charge in [0.1, 0.15) is 18.1 Å². The van der Waals surface area contributed by atoms with Gasteiger partial charge in [-0.15, -0.1) is 0 Å². The molecule has 0 saturated carbocycles. The van der Waals surface area contributed by atoms with Crippen LogP contribution < -0.4 is 15.4 Å². The first-order valence-corrected chi connectivity index (χ1v) is 10.6. The van der Waals surface area contributed by atoms with E-state index < -0.39 is 5.91 Å². The normalized spacial score (nSPS) is 19.7. The van der Waals surface area contributed by atoms with Crippen molar-refractivity contribution in [3.63, 3.8) is 0 Å². The molecule has 2 fully saturated rings. The molecule has 0 unspecified atom stereocenters. The summed E-state index contributed by atoms with van der Waals surface area (Å²) in [5.41, 5.74) is 7.52. The van der Waals surface area contributed by atoms with Crippen LogP contribution in [0, 0.1) is 0 Å². The van der Waals surface area contributed by atoms with Crippen LogP contribution in [-0.2, 0) is 4.74 Å². The van der Waals surface area contributed by atoms with E-state index in [0.717, 1.165) is 62.1 Å². The molecular formula is C21H25N7O3. The zero-order valence-electron chi connectivity index (χ0n) is 17.2. The lowest BCUT2D eigenvalue weighted by Crippen LogP contribution is -2.34. The summed E-state index contributed by atoms with van der Waals surface area (Å²) in [6, 6.07) is 5.78. The van der Waals surface area contributed by atoms with Crippen molar-refractivity contribution >= 4 is 22.8 Å². The number of aromatic nitrogens is 5. The summed E-state index contributed by atoms with van der Waals surface area (Å²) >= 11 is 0. The number of fused-ring (bicyclic) bond motifs is 1. The number of anilines is 1. The average molecular weight is 423 g/mol. The number of rotatable bonds is 6. The second kappa shape index (κ2) is 8.46. The molecule has 3 N–H and O–H groups in total. The predicted octanol–water partition coefficient (Wildman–Crippen LogP) is 1.79. The smallest absolute Gasteiger partial charge is 0.319 e. The fourth-order valence-electron chi connectivity index (χ4n) is 4.28. The number of amides is 1. The minimum atomic E-state index is -0.601. The number of pyridine rings is 1. The molecule has 0 radical (unpaired) electrons. The summed E-state index contributed by atoms with van der Waals surface area (Å²) < 4.78 is 11.3. The van der Waals surface area contributed by atoms with Crippen LogP contribution in [0.15, 0.2) is 24.4 Å². The Morgan fingerprint density at radius 2 is 2.16 bits per heavy atom. The van der Waals surface area contributed by atoms with Gasteiger partial charge in [0.05, 0.1) is 11.8 Å². The van der Waals surface area contributed by atoms with Crippen molar-refractivity contribution < 1.29 is 14.3 Å². The van der Waals surface area contributed by atoms with Crippen LogP contribution in [0.5, 0.6) is 6.01 Å². The highest BCUT2D eigenvalue weighted by Crippen LogP contribution is 2.32. The van der Waals surface area contributed by atoms with Crippen LogP contribution in [0.2, 0.25) is 0 Å². The second-order valence-corrected chi connectivity index (χ2v) is 7.97. The van der Waals surface area contributed by atoms with Crippen molar-refractivity contribution in [1.82, 2.24) is 25.1 Å². The zero-order chi connectivity index (χ0) is 21.2. The summed E-state index contributed by atoms with van der Waals surface area (Å²) in [5, 5.41) is 8.60. The standard InChI is InChI=1S/C21H25N7O3/c22-19(29)16-11-17(25-21(24-16)31-12-14-3-2-10-30-14)28-8-5-13(6-9-28)18-15-4-1-7-23-20(15)27-26-18/h1,4,7,11,13-14H,2-3,5-6,8-10,12H2,(H2,22,29)(H,23,26,27)/t14-/m1/s1. The monoisotopic (exact) mass is 423 g/mol. The van der Waals surface area contributed by atoms with E-state index >= 15 is 0 Å². The van der Waals surface area contributed by atoms with Crippen molar-refractivity contribution in [2.45, 2.75) is 37.7 Å². The Bertz CT molecular complexity index is 1070. The topological polar surface area (TPSA) is 132 Å². The van der Waals surface area contributed by atoms with Gasteiger partial charge in [0.25, 0.3) is 5.91 Å². The molecule has 3 aromatic rings. The second-order valence-electron chi connectivity index (χ2n) is 7.97. The molecule has 162 valence electrons. The number of aromatic amines is 1. The third-order valence-corrected chi connectivity index (χ3v) is 5.94. The van der Waals surface area contributed by atoms with Crippen molar-refractivity contribution in [3.05, 3.63) is 35.8 Å². The van der Waals surface area contributed by atoms with Gasteiger partial charge in [0.15, 0.2) is 5.65 Å². The van der Waals surface area contributed by atoms with Gasteiger partial charge in [-0.1, -0.05) is 0 Å². The molecule has 5 rings (SSSR count). The maximum Gasteiger partial charge on any atom is 0.319 e. The molecule has 0 aromatic carbocycles. The first-order valence-electron chi connectivity index (χ1n) is 10.6. The van der Waals surface area contributed by atoms with Crippen LogP contribution in [0.3, 0.4) is 0 Å². The van der Waals surface area contributed by atoms with Gasteiger partial charge in [-0.25, -0.2) is 4.98 Å². The van der Waals surface area contributed by atoms with Crippen molar-refractivity contribution in [2.75, 3.05) is 31.2 Å². The van der Waals surface area contributed by atoms with E-state index in [4.69, 9.17) is 15.2 Å². The summed E-state index contributed by atoms with van der Waals surface area (Å²) in [5.74, 6) is 0.385. The third kappa shape index (κ3) is 4.15. The van der Waals surface area contributed by atoms with E-state index in [1.165, 1.54) is 0 Å². The molecule has 10 heteroatoms. The molecular weight excluding hydrogens is 398 g/mol. The third-order valence-electron chi connectivity index (χ3n) is 5.94. The number of nitrogens with two attached hydrogens (primary N) is 1. The summed E-state index contributed by atoms with van der Waals surface area (Å²) in [4.78, 5) is 27.0. The fraction of sp³-hybridized carbons (Fsp3) is 0.476. The van der Waals surface area contributed by atoms with E-state index in [1.807, 2.05) is 6.07 Å². The number of primary amides is 1. The van der Waals surface area contributed by atoms with Crippen LogP contribution in [0.1, 0.15) is 47.8 Å². The molecule has 10 nitrogen and oxygen atoms in total. The number of hydrogen-bond donors (Lipinski definition) is 2. The number of piperidine rings is 1. The quantitative estimate of drug-likeness (QED) is 0.613. The van der Waals surface area contributed by atoms with Crippen LogP contribution >= 0.6 is 0 Å². The molecule has 1 atom stereocenters. The molecule has 2 saturated heterocycles. The first kappa shape index (κ1) is 19.7. The Morgan fingerprint density at radius 1 is 1.29 bits per heavy atom. The van der Waals surface area contributed by atoms with E-state index in [2.05, 4.69) is 36.1 Å². The van der Waals surface area contributed by atoms with Crippen LogP contribution in [0.25, 0.3) is 11.0 Å². The van der Waals surface area contributed by atoms with Gasteiger partial charge in [-0.05, 0) is 37.8 Å². The fourth-order valence-corrected chi connectivity index (χ4v) is 4.28.